The zero-order valence-corrected chi connectivity index (χ0v) is 26.5. The van der Waals surface area contributed by atoms with Crippen LogP contribution in [0.4, 0.5) is 0 Å². The lowest BCUT2D eigenvalue weighted by atomic mass is 9.43. The van der Waals surface area contributed by atoms with Gasteiger partial charge in [-0.3, -0.25) is 4.79 Å². The number of aliphatic hydroxyl groups excluding tert-OH is 1. The second-order valence-corrected chi connectivity index (χ2v) is 14.1. The SMILES string of the molecule is CCCCOCC(=O)O[C@H]1[C@H](O)[C@H](OCC23CC4C(C)CCC4C4(C=O)CC2C=C(C(C)C)C43C(=O)O)O[C@H](C)[C@H]1OC. The number of methoxy groups -OCH3 is 1. The molecule has 0 amide bonds. The molecule has 10 heteroatoms. The minimum Gasteiger partial charge on any atom is -0.481 e. The number of unbranched alkanes of at least 4 members (excludes halogenated alkanes) is 1. The van der Waals surface area contributed by atoms with Gasteiger partial charge in [0.15, 0.2) is 12.4 Å². The number of carbonyl (C=O) groups is 3. The number of rotatable bonds is 13. The fraction of sp³-hybridized carbons (Fsp3) is 0.848. The molecule has 0 radical (unpaired) electrons. The van der Waals surface area contributed by atoms with Crippen molar-refractivity contribution in [1.29, 1.82) is 0 Å². The number of allylic oxidation sites excluding steroid dienone is 1. The summed E-state index contributed by atoms with van der Waals surface area (Å²) in [6.45, 7) is 10.2. The van der Waals surface area contributed by atoms with Crippen LogP contribution >= 0.6 is 0 Å². The summed E-state index contributed by atoms with van der Waals surface area (Å²) in [5.74, 6) is -1.20. The predicted octanol–water partition coefficient (Wildman–Crippen LogP) is 3.78. The molecule has 1 saturated heterocycles. The molecule has 7 unspecified atom stereocenters. The summed E-state index contributed by atoms with van der Waals surface area (Å²) in [5.41, 5.74) is -2.46. The van der Waals surface area contributed by atoms with Crippen LogP contribution < -0.4 is 0 Å². The van der Waals surface area contributed by atoms with Gasteiger partial charge < -0.3 is 38.7 Å². The Bertz CT molecular complexity index is 1110. The molecule has 0 spiro atoms. The fourth-order valence-corrected chi connectivity index (χ4v) is 10.0. The highest BCUT2D eigenvalue weighted by Gasteiger charge is 2.84. The van der Waals surface area contributed by atoms with Crippen molar-refractivity contribution in [2.24, 2.45) is 45.8 Å². The molecule has 5 rings (SSSR count). The van der Waals surface area contributed by atoms with Crippen LogP contribution in [0, 0.1) is 45.8 Å². The average Bonchev–Trinajstić information content (AvgIpc) is 3.54. The quantitative estimate of drug-likeness (QED) is 0.138. The first-order valence-corrected chi connectivity index (χ1v) is 16.1. The standard InChI is InChI=1S/C33H50O10/c1-7-8-11-40-15-25(35)43-28-26(36)29(42-20(5)27(28)39-6)41-17-32-14-22-19(4)9-10-23(22)31(16-34)13-21(32)12-24(18(2)3)33(31,32)30(37)38/h12,16,18-23,26-29,36H,7-11,13-15,17H2,1-6H3,(H,37,38)/t19?,20-,21?,22?,23?,26+,27-,28+,29-,31?,32?,33?/m1/s1. The maximum absolute atomic E-state index is 13.7. The van der Waals surface area contributed by atoms with Gasteiger partial charge in [0.25, 0.3) is 0 Å². The van der Waals surface area contributed by atoms with Gasteiger partial charge in [0.05, 0.1) is 18.1 Å². The molecule has 0 aromatic carbocycles. The van der Waals surface area contributed by atoms with Crippen LogP contribution in [-0.2, 0) is 38.1 Å². The number of aliphatic carboxylic acids is 1. The molecule has 4 fully saturated rings. The highest BCUT2D eigenvalue weighted by molar-refractivity contribution is 5.90. The molecule has 43 heavy (non-hydrogen) atoms. The summed E-state index contributed by atoms with van der Waals surface area (Å²) >= 11 is 0. The van der Waals surface area contributed by atoms with Gasteiger partial charge in [0.1, 0.15) is 30.5 Å². The van der Waals surface area contributed by atoms with E-state index in [1.165, 1.54) is 7.11 Å². The lowest BCUT2D eigenvalue weighted by molar-refractivity contribution is -0.309. The molecule has 0 aromatic heterocycles. The number of hydrogen-bond acceptors (Lipinski definition) is 9. The van der Waals surface area contributed by atoms with Crippen molar-refractivity contribution in [1.82, 2.24) is 0 Å². The summed E-state index contributed by atoms with van der Waals surface area (Å²) < 4.78 is 29.1. The first-order chi connectivity index (χ1) is 20.4. The minimum absolute atomic E-state index is 0.00485. The molecule has 10 nitrogen and oxygen atoms in total. The average molecular weight is 607 g/mol. The Hall–Kier alpha value is -1.85. The second-order valence-electron chi connectivity index (χ2n) is 14.1. The Labute approximate surface area is 254 Å². The van der Waals surface area contributed by atoms with Gasteiger partial charge in [-0.05, 0) is 62.2 Å². The van der Waals surface area contributed by atoms with E-state index in [1.54, 1.807) is 6.92 Å². The molecule has 4 bridgehead atoms. The second kappa shape index (κ2) is 12.2. The maximum Gasteiger partial charge on any atom is 0.332 e. The van der Waals surface area contributed by atoms with E-state index in [4.69, 9.17) is 23.7 Å². The molecule has 12 atom stereocenters. The van der Waals surface area contributed by atoms with Gasteiger partial charge in [0.2, 0.25) is 0 Å². The molecule has 1 aliphatic heterocycles. The van der Waals surface area contributed by atoms with E-state index in [1.807, 2.05) is 20.8 Å². The summed E-state index contributed by atoms with van der Waals surface area (Å²) in [6, 6.07) is 0. The van der Waals surface area contributed by atoms with Crippen molar-refractivity contribution in [2.45, 2.75) is 104 Å². The van der Waals surface area contributed by atoms with E-state index in [9.17, 15) is 24.6 Å². The fourth-order valence-electron chi connectivity index (χ4n) is 10.0. The van der Waals surface area contributed by atoms with Crippen LogP contribution in [0.25, 0.3) is 0 Å². The molecule has 0 aromatic rings. The third-order valence-corrected chi connectivity index (χ3v) is 11.8. The van der Waals surface area contributed by atoms with E-state index >= 15 is 0 Å². The number of carboxylic acids is 1. The third kappa shape index (κ3) is 4.65. The molecule has 2 N–H and O–H groups in total. The zero-order chi connectivity index (χ0) is 31.3. The molecule has 1 heterocycles. The van der Waals surface area contributed by atoms with Crippen LogP contribution in [0.2, 0.25) is 0 Å². The smallest absolute Gasteiger partial charge is 0.332 e. The molecule has 5 aliphatic rings. The topological polar surface area (TPSA) is 138 Å². The van der Waals surface area contributed by atoms with Gasteiger partial charge in [-0.2, -0.15) is 0 Å². The van der Waals surface area contributed by atoms with Crippen LogP contribution in [0.3, 0.4) is 0 Å². The molecule has 4 aliphatic carbocycles. The van der Waals surface area contributed by atoms with Crippen LogP contribution in [-0.4, -0.2) is 86.1 Å². The third-order valence-electron chi connectivity index (χ3n) is 11.8. The predicted molar refractivity (Wildman–Crippen MR) is 155 cm³/mol. The molecular formula is C33H50O10. The molecule has 242 valence electrons. The summed E-state index contributed by atoms with van der Waals surface area (Å²) in [5, 5.41) is 22.6. The van der Waals surface area contributed by atoms with Crippen molar-refractivity contribution < 1.29 is 48.3 Å². The normalized spacial score (nSPS) is 44.7. The number of carboxylic acid groups (broad SMARTS) is 1. The van der Waals surface area contributed by atoms with Crippen molar-refractivity contribution in [3.05, 3.63) is 11.6 Å². The maximum atomic E-state index is 13.7. The summed E-state index contributed by atoms with van der Waals surface area (Å²) in [7, 11) is 1.46. The Morgan fingerprint density at radius 1 is 1.19 bits per heavy atom. The van der Waals surface area contributed by atoms with E-state index in [-0.39, 0.29) is 36.9 Å². The molecular weight excluding hydrogens is 556 g/mol. The Balaban J connectivity index is 1.44. The lowest BCUT2D eigenvalue weighted by Gasteiger charge is -2.58. The van der Waals surface area contributed by atoms with Gasteiger partial charge in [-0.15, -0.1) is 0 Å². The van der Waals surface area contributed by atoms with E-state index in [0.717, 1.165) is 37.5 Å². The Morgan fingerprint density at radius 2 is 1.93 bits per heavy atom. The van der Waals surface area contributed by atoms with Crippen molar-refractivity contribution >= 4 is 18.2 Å². The monoisotopic (exact) mass is 606 g/mol. The lowest BCUT2D eigenvalue weighted by Crippen LogP contribution is -2.64. The highest BCUT2D eigenvalue weighted by Crippen LogP contribution is 2.82. The van der Waals surface area contributed by atoms with Crippen LogP contribution in [0.5, 0.6) is 0 Å². The number of aliphatic hydroxyl groups is 1. The van der Waals surface area contributed by atoms with Crippen molar-refractivity contribution in [3.8, 4) is 0 Å². The van der Waals surface area contributed by atoms with Crippen LogP contribution in [0.1, 0.15) is 73.1 Å². The van der Waals surface area contributed by atoms with Gasteiger partial charge in [-0.1, -0.05) is 52.2 Å². The van der Waals surface area contributed by atoms with Crippen LogP contribution in [0.15, 0.2) is 11.6 Å². The largest absolute Gasteiger partial charge is 0.481 e. The number of aldehydes is 1. The molecule has 3 saturated carbocycles. The number of carbonyl (C=O) groups excluding carboxylic acids is 2. The van der Waals surface area contributed by atoms with E-state index in [2.05, 4.69) is 13.0 Å². The zero-order valence-electron chi connectivity index (χ0n) is 26.5. The first-order valence-electron chi connectivity index (χ1n) is 16.1. The van der Waals surface area contributed by atoms with Crippen molar-refractivity contribution in [2.75, 3.05) is 26.9 Å². The number of fused-ring (bicyclic) bond motifs is 2. The highest BCUT2D eigenvalue weighted by atomic mass is 16.7. The van der Waals surface area contributed by atoms with Gasteiger partial charge in [0, 0.05) is 19.1 Å². The Morgan fingerprint density at radius 3 is 2.56 bits per heavy atom. The summed E-state index contributed by atoms with van der Waals surface area (Å²) in [4.78, 5) is 39.6. The van der Waals surface area contributed by atoms with E-state index < -0.39 is 58.9 Å². The van der Waals surface area contributed by atoms with Gasteiger partial charge >= 0.3 is 11.9 Å². The number of hydrogen-bond donors (Lipinski definition) is 2. The number of ether oxygens (including phenoxy) is 5. The minimum atomic E-state index is -1.40. The number of esters is 1. The Kier molecular flexibility index (Phi) is 9.20. The van der Waals surface area contributed by atoms with E-state index in [0.29, 0.717) is 25.4 Å². The van der Waals surface area contributed by atoms with Crippen molar-refractivity contribution in [3.63, 3.8) is 0 Å². The van der Waals surface area contributed by atoms with Gasteiger partial charge in [-0.25, -0.2) is 4.79 Å². The first kappa shape index (κ1) is 32.5. The summed E-state index contributed by atoms with van der Waals surface area (Å²) in [6.07, 6.45) is 2.81.